The number of aliphatic hydroxyl groups excluding tert-OH is 1. The van der Waals surface area contributed by atoms with Crippen LogP contribution in [-0.2, 0) is 4.74 Å². The third-order valence-electron chi connectivity index (χ3n) is 1.38. The number of carbonyl (C=O) groups is 1. The van der Waals surface area contributed by atoms with Gasteiger partial charge in [-0.3, -0.25) is 0 Å². The molecule has 0 spiro atoms. The lowest BCUT2D eigenvalue weighted by Crippen LogP contribution is -2.04. The van der Waals surface area contributed by atoms with E-state index in [9.17, 15) is 4.79 Å². The topological polar surface area (TPSA) is 85.5 Å². The van der Waals surface area contributed by atoms with E-state index in [-0.39, 0.29) is 19.1 Å². The highest BCUT2D eigenvalue weighted by Gasteiger charge is 2.15. The number of hydrogen-bond acceptors (Lipinski definition) is 7. The number of aliphatic hydroxyl groups is 1. The van der Waals surface area contributed by atoms with Gasteiger partial charge in [0.05, 0.1) is 6.61 Å². The predicted octanol–water partition coefficient (Wildman–Crippen LogP) is 0.721. The third-order valence-corrected chi connectivity index (χ3v) is 2.29. The van der Waals surface area contributed by atoms with Crippen LogP contribution in [0.1, 0.15) is 24.0 Å². The van der Waals surface area contributed by atoms with Gasteiger partial charge in [0.15, 0.2) is 0 Å². The number of rotatable bonds is 6. The van der Waals surface area contributed by atoms with Crippen molar-refractivity contribution in [1.29, 1.82) is 0 Å². The summed E-state index contributed by atoms with van der Waals surface area (Å²) in [5, 5.41) is 16.1. The molecule has 1 N–H and O–H groups in total. The number of hydrogen-bond donors (Lipinski definition) is 1. The summed E-state index contributed by atoms with van der Waals surface area (Å²) >= 11 is 1.29. The molecule has 6 nitrogen and oxygen atoms in total. The lowest BCUT2D eigenvalue weighted by atomic mass is 10.5. The monoisotopic (exact) mass is 232 g/mol. The molecule has 0 radical (unpaired) electrons. The smallest absolute Gasteiger partial charge is 0.396 e. The molecule has 0 aliphatic rings. The van der Waals surface area contributed by atoms with Crippen molar-refractivity contribution in [2.75, 3.05) is 19.0 Å². The highest BCUT2D eigenvalue weighted by molar-refractivity contribution is 7.99. The molecule has 1 heterocycles. The second kappa shape index (κ2) is 6.41. The van der Waals surface area contributed by atoms with Crippen LogP contribution in [0.25, 0.3) is 0 Å². The Balaban J connectivity index is 2.45. The lowest BCUT2D eigenvalue weighted by molar-refractivity contribution is 0.0475. The van der Waals surface area contributed by atoms with Crippen LogP contribution in [0.4, 0.5) is 0 Å². The Bertz CT molecular complexity index is 315. The van der Waals surface area contributed by atoms with Crippen molar-refractivity contribution in [3.63, 3.8) is 0 Å². The van der Waals surface area contributed by atoms with E-state index in [1.807, 2.05) is 0 Å². The van der Waals surface area contributed by atoms with E-state index in [1.165, 1.54) is 11.8 Å². The second-order valence-corrected chi connectivity index (χ2v) is 3.57. The fraction of sp³-hybridized carbons (Fsp3) is 0.625. The molecule has 7 heteroatoms. The molecule has 0 saturated carbocycles. The summed E-state index contributed by atoms with van der Waals surface area (Å²) < 4.78 is 9.71. The molecular weight excluding hydrogens is 220 g/mol. The lowest BCUT2D eigenvalue weighted by Gasteiger charge is -1.94. The van der Waals surface area contributed by atoms with Gasteiger partial charge in [-0.25, -0.2) is 4.79 Å². The fourth-order valence-corrected chi connectivity index (χ4v) is 1.45. The summed E-state index contributed by atoms with van der Waals surface area (Å²) in [5.41, 5.74) is 0. The first-order valence-corrected chi connectivity index (χ1v) is 5.50. The van der Waals surface area contributed by atoms with E-state index in [0.29, 0.717) is 17.4 Å². The van der Waals surface area contributed by atoms with Crippen LogP contribution in [0.5, 0.6) is 0 Å². The summed E-state index contributed by atoms with van der Waals surface area (Å²) in [6.45, 7) is 2.09. The van der Waals surface area contributed by atoms with Gasteiger partial charge in [-0.1, -0.05) is 16.9 Å². The minimum Gasteiger partial charge on any atom is -0.459 e. The molecule has 84 valence electrons. The van der Waals surface area contributed by atoms with Gasteiger partial charge in [0, 0.05) is 12.4 Å². The zero-order chi connectivity index (χ0) is 11.1. The van der Waals surface area contributed by atoms with Gasteiger partial charge in [-0.05, 0) is 13.3 Å². The van der Waals surface area contributed by atoms with E-state index in [4.69, 9.17) is 9.52 Å². The van der Waals surface area contributed by atoms with Crippen LogP contribution < -0.4 is 0 Å². The minimum absolute atomic E-state index is 0.117. The highest BCUT2D eigenvalue weighted by Crippen LogP contribution is 2.16. The van der Waals surface area contributed by atoms with Crippen molar-refractivity contribution in [2.24, 2.45) is 0 Å². The first kappa shape index (κ1) is 12.0. The van der Waals surface area contributed by atoms with Gasteiger partial charge in [0.1, 0.15) is 0 Å². The Morgan fingerprint density at radius 3 is 3.07 bits per heavy atom. The van der Waals surface area contributed by atoms with Gasteiger partial charge in [-0.2, -0.15) is 0 Å². The number of thioether (sulfide) groups is 1. The van der Waals surface area contributed by atoms with Gasteiger partial charge >= 0.3 is 11.9 Å². The molecule has 1 aromatic heterocycles. The molecule has 0 saturated heterocycles. The first-order valence-electron chi connectivity index (χ1n) is 4.52. The number of esters is 1. The standard InChI is InChI=1S/C8H12N2O4S/c1-2-13-7(12)6-9-10-8(14-6)15-5-3-4-11/h11H,2-5H2,1H3. The zero-order valence-corrected chi connectivity index (χ0v) is 9.12. The number of ether oxygens (including phenoxy) is 1. The van der Waals surface area contributed by atoms with Crippen molar-refractivity contribution >= 4 is 17.7 Å². The average Bonchev–Trinajstić information content (AvgIpc) is 2.67. The van der Waals surface area contributed by atoms with Crippen molar-refractivity contribution in [3.8, 4) is 0 Å². The zero-order valence-electron chi connectivity index (χ0n) is 8.30. The number of carbonyl (C=O) groups excluding carboxylic acids is 1. The maximum Gasteiger partial charge on any atom is 0.396 e. The quantitative estimate of drug-likeness (QED) is 0.439. The van der Waals surface area contributed by atoms with Gasteiger partial charge < -0.3 is 14.3 Å². The summed E-state index contributed by atoms with van der Waals surface area (Å²) in [7, 11) is 0. The summed E-state index contributed by atoms with van der Waals surface area (Å²) in [6, 6.07) is 0. The van der Waals surface area contributed by atoms with Crippen molar-refractivity contribution in [1.82, 2.24) is 10.2 Å². The van der Waals surface area contributed by atoms with Crippen LogP contribution in [-0.4, -0.2) is 40.2 Å². The Morgan fingerprint density at radius 1 is 1.60 bits per heavy atom. The maximum atomic E-state index is 11.1. The van der Waals surface area contributed by atoms with Crippen LogP contribution >= 0.6 is 11.8 Å². The molecule has 0 aromatic carbocycles. The van der Waals surface area contributed by atoms with E-state index in [0.717, 1.165) is 0 Å². The number of aromatic nitrogens is 2. The molecule has 0 atom stereocenters. The second-order valence-electron chi connectivity index (χ2n) is 2.52. The summed E-state index contributed by atoms with van der Waals surface area (Å²) in [4.78, 5) is 11.1. The van der Waals surface area contributed by atoms with Crippen molar-refractivity contribution in [2.45, 2.75) is 18.6 Å². The van der Waals surface area contributed by atoms with Gasteiger partial charge in [0.2, 0.25) is 0 Å². The molecule has 0 aliphatic carbocycles. The Labute approximate surface area is 91.0 Å². The number of nitrogens with zero attached hydrogens (tertiary/aromatic N) is 2. The molecule has 1 rings (SSSR count). The minimum atomic E-state index is -0.612. The van der Waals surface area contributed by atoms with Crippen molar-refractivity contribution in [3.05, 3.63) is 5.89 Å². The van der Waals surface area contributed by atoms with Crippen LogP contribution in [0.15, 0.2) is 9.64 Å². The van der Waals surface area contributed by atoms with Gasteiger partial charge in [0.25, 0.3) is 5.22 Å². The molecule has 0 bridgehead atoms. The van der Waals surface area contributed by atoms with Crippen LogP contribution in [0, 0.1) is 0 Å². The van der Waals surface area contributed by atoms with Crippen molar-refractivity contribution < 1.29 is 19.1 Å². The largest absolute Gasteiger partial charge is 0.459 e. The molecule has 0 fully saturated rings. The highest BCUT2D eigenvalue weighted by atomic mass is 32.2. The third kappa shape index (κ3) is 3.88. The molecule has 0 unspecified atom stereocenters. The molecule has 15 heavy (non-hydrogen) atoms. The fourth-order valence-electron chi connectivity index (χ4n) is 0.767. The Morgan fingerprint density at radius 2 is 2.40 bits per heavy atom. The van der Waals surface area contributed by atoms with E-state index in [2.05, 4.69) is 14.9 Å². The molecule has 0 aliphatic heterocycles. The Hall–Kier alpha value is -1.08. The van der Waals surface area contributed by atoms with E-state index < -0.39 is 5.97 Å². The SMILES string of the molecule is CCOC(=O)c1nnc(SCCCO)o1. The van der Waals surface area contributed by atoms with E-state index in [1.54, 1.807) is 6.92 Å². The van der Waals surface area contributed by atoms with Gasteiger partial charge in [-0.15, -0.1) is 5.10 Å². The predicted molar refractivity (Wildman–Crippen MR) is 52.7 cm³/mol. The maximum absolute atomic E-state index is 11.1. The molecule has 1 aromatic rings. The Kier molecular flexibility index (Phi) is 5.13. The summed E-state index contributed by atoms with van der Waals surface area (Å²) in [5.74, 6) is -0.0802. The summed E-state index contributed by atoms with van der Waals surface area (Å²) in [6.07, 6.45) is 0.641. The average molecular weight is 232 g/mol. The molecule has 0 amide bonds. The van der Waals surface area contributed by atoms with Crippen LogP contribution in [0.2, 0.25) is 0 Å². The van der Waals surface area contributed by atoms with Crippen LogP contribution in [0.3, 0.4) is 0 Å². The first-order chi connectivity index (χ1) is 7.27. The molecular formula is C8H12N2O4S. The van der Waals surface area contributed by atoms with E-state index >= 15 is 0 Å². The normalized spacial score (nSPS) is 10.3.